The first kappa shape index (κ1) is 16.2. The van der Waals surface area contributed by atoms with Crippen LogP contribution in [0, 0.1) is 4.77 Å². The molecule has 1 N–H and O–H groups in total. The van der Waals surface area contributed by atoms with Crippen LogP contribution in [0.1, 0.15) is 5.56 Å². The lowest BCUT2D eigenvalue weighted by Gasteiger charge is -2.14. The number of furan rings is 1. The number of hydrogen-bond donors (Lipinski definition) is 1. The summed E-state index contributed by atoms with van der Waals surface area (Å²) in [6.45, 7) is 3.64. The van der Waals surface area contributed by atoms with Crippen LogP contribution in [-0.2, 0) is 12.7 Å². The monoisotopic (exact) mass is 353 g/mol. The van der Waals surface area contributed by atoms with Crippen LogP contribution in [0.3, 0.4) is 0 Å². The van der Waals surface area contributed by atoms with Crippen LogP contribution in [0.25, 0.3) is 22.5 Å². The third-order valence-corrected chi connectivity index (χ3v) is 3.66. The zero-order chi connectivity index (χ0) is 17.5. The molecule has 0 atom stereocenters. The van der Waals surface area contributed by atoms with Gasteiger partial charge in [-0.3, -0.25) is 14.3 Å². The van der Waals surface area contributed by atoms with E-state index < -0.39 is 22.7 Å². The Labute approximate surface area is 138 Å². The van der Waals surface area contributed by atoms with Crippen LogP contribution in [0.2, 0.25) is 0 Å². The highest BCUT2D eigenvalue weighted by Crippen LogP contribution is 2.35. The van der Waals surface area contributed by atoms with Crippen molar-refractivity contribution in [1.82, 2.24) is 14.5 Å². The van der Waals surface area contributed by atoms with E-state index in [4.69, 9.17) is 16.6 Å². The molecule has 24 heavy (non-hydrogen) atoms. The van der Waals surface area contributed by atoms with Crippen molar-refractivity contribution in [3.8, 4) is 11.5 Å². The predicted molar refractivity (Wildman–Crippen MR) is 84.1 cm³/mol. The molecule has 5 nitrogen and oxygen atoms in total. The standard InChI is InChI=1S/C15H10F3N3O2S/c1-2-5-21-12-11(13(22)20-14(21)24)8(15(16,17)18)7-9(19-12)10-4-3-6-23-10/h2-4,6-7H,1,5H2,(H,20,22,24). The van der Waals surface area contributed by atoms with Crippen LogP contribution < -0.4 is 5.56 Å². The molecule has 0 fully saturated rings. The molecule has 0 bridgehead atoms. The summed E-state index contributed by atoms with van der Waals surface area (Å²) in [5.41, 5.74) is -2.27. The van der Waals surface area contributed by atoms with Gasteiger partial charge < -0.3 is 4.42 Å². The summed E-state index contributed by atoms with van der Waals surface area (Å²) in [6.07, 6.45) is -1.98. The van der Waals surface area contributed by atoms with Crippen LogP contribution in [0.5, 0.6) is 0 Å². The molecule has 0 saturated carbocycles. The van der Waals surface area contributed by atoms with Gasteiger partial charge in [-0.1, -0.05) is 6.08 Å². The van der Waals surface area contributed by atoms with Crippen LogP contribution in [0.4, 0.5) is 13.2 Å². The number of hydrogen-bond acceptors (Lipinski definition) is 4. The predicted octanol–water partition coefficient (Wildman–Crippen LogP) is 3.92. The molecule has 0 amide bonds. The zero-order valence-corrected chi connectivity index (χ0v) is 12.9. The van der Waals surface area contributed by atoms with Crippen molar-refractivity contribution >= 4 is 23.3 Å². The van der Waals surface area contributed by atoms with Gasteiger partial charge in [0.25, 0.3) is 5.56 Å². The Morgan fingerprint density at radius 2 is 2.21 bits per heavy atom. The molecule has 0 aliphatic heterocycles. The minimum Gasteiger partial charge on any atom is -0.463 e. The lowest BCUT2D eigenvalue weighted by atomic mass is 10.1. The minimum atomic E-state index is -4.75. The van der Waals surface area contributed by atoms with Gasteiger partial charge >= 0.3 is 6.18 Å². The summed E-state index contributed by atoms with van der Waals surface area (Å²) in [4.78, 5) is 18.5. The highest BCUT2D eigenvalue weighted by atomic mass is 32.1. The molecule has 3 heterocycles. The van der Waals surface area contributed by atoms with Gasteiger partial charge in [-0.2, -0.15) is 13.2 Å². The molecule has 3 rings (SSSR count). The summed E-state index contributed by atoms with van der Waals surface area (Å²) < 4.78 is 46.8. The molecule has 0 saturated heterocycles. The van der Waals surface area contributed by atoms with Gasteiger partial charge in [0.2, 0.25) is 0 Å². The molecule has 0 aromatic carbocycles. The molecular formula is C15H10F3N3O2S. The van der Waals surface area contributed by atoms with E-state index in [1.54, 1.807) is 0 Å². The molecule has 0 radical (unpaired) electrons. The van der Waals surface area contributed by atoms with Gasteiger partial charge in [0.1, 0.15) is 11.3 Å². The molecule has 124 valence electrons. The summed E-state index contributed by atoms with van der Waals surface area (Å²) in [6, 6.07) is 3.80. The number of pyridine rings is 1. The van der Waals surface area contributed by atoms with Crippen LogP contribution in [-0.4, -0.2) is 14.5 Å². The van der Waals surface area contributed by atoms with Gasteiger partial charge in [0.15, 0.2) is 10.5 Å². The number of fused-ring (bicyclic) bond motifs is 1. The molecule has 9 heteroatoms. The molecule has 0 spiro atoms. The van der Waals surface area contributed by atoms with E-state index >= 15 is 0 Å². The fraction of sp³-hybridized carbons (Fsp3) is 0.133. The number of nitrogens with one attached hydrogen (secondary N) is 1. The quantitative estimate of drug-likeness (QED) is 0.573. The molecule has 3 aromatic rings. The number of rotatable bonds is 3. The topological polar surface area (TPSA) is 63.8 Å². The molecule has 0 unspecified atom stereocenters. The van der Waals surface area contributed by atoms with Gasteiger partial charge in [0, 0.05) is 6.54 Å². The van der Waals surface area contributed by atoms with E-state index in [0.29, 0.717) is 0 Å². The Hall–Kier alpha value is -2.68. The van der Waals surface area contributed by atoms with E-state index in [2.05, 4.69) is 16.5 Å². The highest BCUT2D eigenvalue weighted by molar-refractivity contribution is 7.71. The third-order valence-electron chi connectivity index (χ3n) is 3.34. The first-order valence-corrected chi connectivity index (χ1v) is 7.13. The number of allylic oxidation sites excluding steroid dienone is 1. The third kappa shape index (κ3) is 2.67. The van der Waals surface area contributed by atoms with Gasteiger partial charge in [-0.05, 0) is 30.4 Å². The Morgan fingerprint density at radius 1 is 1.46 bits per heavy atom. The Bertz CT molecular complexity index is 1030. The molecule has 0 aliphatic rings. The summed E-state index contributed by atoms with van der Waals surface area (Å²) in [5, 5.41) is -0.576. The zero-order valence-electron chi connectivity index (χ0n) is 12.1. The van der Waals surface area contributed by atoms with E-state index in [0.717, 1.165) is 6.07 Å². The smallest absolute Gasteiger partial charge is 0.417 e. The molecule has 3 aromatic heterocycles. The Kier molecular flexibility index (Phi) is 3.88. The fourth-order valence-corrected chi connectivity index (χ4v) is 2.60. The summed E-state index contributed by atoms with van der Waals surface area (Å²) >= 11 is 5.03. The van der Waals surface area contributed by atoms with Crippen molar-refractivity contribution in [2.45, 2.75) is 12.7 Å². The van der Waals surface area contributed by atoms with Crippen molar-refractivity contribution in [1.29, 1.82) is 0 Å². The second-order valence-corrected chi connectivity index (χ2v) is 5.27. The van der Waals surface area contributed by atoms with E-state index in [1.165, 1.54) is 29.0 Å². The van der Waals surface area contributed by atoms with E-state index in [9.17, 15) is 18.0 Å². The second kappa shape index (κ2) is 5.75. The first-order chi connectivity index (χ1) is 11.3. The number of nitrogens with zero attached hydrogens (tertiary/aromatic N) is 2. The Balaban J connectivity index is 2.52. The van der Waals surface area contributed by atoms with Crippen molar-refractivity contribution in [2.75, 3.05) is 0 Å². The molecule has 0 aliphatic carbocycles. The largest absolute Gasteiger partial charge is 0.463 e. The Morgan fingerprint density at radius 3 is 2.79 bits per heavy atom. The van der Waals surface area contributed by atoms with Crippen LogP contribution in [0.15, 0.2) is 46.3 Å². The normalized spacial score (nSPS) is 11.8. The maximum Gasteiger partial charge on any atom is 0.417 e. The van der Waals surface area contributed by atoms with Crippen molar-refractivity contribution in [3.05, 3.63) is 57.8 Å². The summed E-state index contributed by atoms with van der Waals surface area (Å²) in [7, 11) is 0. The van der Waals surface area contributed by atoms with Gasteiger partial charge in [-0.25, -0.2) is 4.98 Å². The fourth-order valence-electron chi connectivity index (χ4n) is 2.35. The number of H-pyrrole nitrogens is 1. The van der Waals surface area contributed by atoms with Crippen molar-refractivity contribution in [2.24, 2.45) is 0 Å². The SMILES string of the molecule is C=CCn1c(=S)[nH]c(=O)c2c(C(F)(F)F)cc(-c3ccco3)nc21. The van der Waals surface area contributed by atoms with Crippen LogP contribution >= 0.6 is 12.2 Å². The van der Waals surface area contributed by atoms with E-state index in [1.807, 2.05) is 0 Å². The van der Waals surface area contributed by atoms with E-state index in [-0.39, 0.29) is 28.4 Å². The average Bonchev–Trinajstić information content (AvgIpc) is 3.03. The number of alkyl halides is 3. The maximum absolute atomic E-state index is 13.5. The van der Waals surface area contributed by atoms with Gasteiger partial charge in [0.05, 0.1) is 17.2 Å². The maximum atomic E-state index is 13.5. The number of aromatic amines is 1. The lowest BCUT2D eigenvalue weighted by Crippen LogP contribution is -2.20. The number of halogens is 3. The van der Waals surface area contributed by atoms with Crippen molar-refractivity contribution < 1.29 is 17.6 Å². The second-order valence-electron chi connectivity index (χ2n) is 4.89. The molecular weight excluding hydrogens is 343 g/mol. The lowest BCUT2D eigenvalue weighted by molar-refractivity contribution is -0.136. The number of aromatic nitrogens is 3. The summed E-state index contributed by atoms with van der Waals surface area (Å²) in [5.74, 6) is 0.152. The first-order valence-electron chi connectivity index (χ1n) is 6.72. The van der Waals surface area contributed by atoms with Crippen molar-refractivity contribution in [3.63, 3.8) is 0 Å². The highest BCUT2D eigenvalue weighted by Gasteiger charge is 2.35. The average molecular weight is 353 g/mol. The van der Waals surface area contributed by atoms with Gasteiger partial charge in [-0.15, -0.1) is 6.58 Å². The minimum absolute atomic E-state index is 0.0374.